The molecule has 0 amide bonds. The quantitative estimate of drug-likeness (QED) is 0.621. The number of nitro groups is 1. The highest BCUT2D eigenvalue weighted by atomic mass is 35.5. The van der Waals surface area contributed by atoms with Crippen molar-refractivity contribution in [2.75, 3.05) is 5.32 Å². The Morgan fingerprint density at radius 1 is 1.05 bits per heavy atom. The van der Waals surface area contributed by atoms with Crippen LogP contribution in [0.2, 0.25) is 15.1 Å². The van der Waals surface area contributed by atoms with E-state index in [2.05, 4.69) is 5.32 Å². The molecule has 4 nitrogen and oxygen atoms in total. The normalized spacial score (nSPS) is 10.3. The smallest absolute Gasteiger partial charge is 0.271 e. The van der Waals surface area contributed by atoms with Gasteiger partial charge in [-0.05, 0) is 23.8 Å². The van der Waals surface area contributed by atoms with Gasteiger partial charge >= 0.3 is 0 Å². The van der Waals surface area contributed by atoms with Crippen molar-refractivity contribution in [2.24, 2.45) is 0 Å². The molecule has 0 saturated heterocycles. The molecule has 0 aliphatic rings. The Balaban J connectivity index is 2.18. The third kappa shape index (κ3) is 3.54. The molecule has 2 aromatic carbocycles. The number of nitrogens with one attached hydrogen (secondary N) is 1. The molecule has 0 spiro atoms. The predicted molar refractivity (Wildman–Crippen MR) is 81.9 cm³/mol. The van der Waals surface area contributed by atoms with Crippen molar-refractivity contribution in [1.82, 2.24) is 0 Å². The first-order chi connectivity index (χ1) is 9.47. The summed E-state index contributed by atoms with van der Waals surface area (Å²) in [7, 11) is 0. The molecule has 2 rings (SSSR count). The Hall–Kier alpha value is -1.49. The molecule has 104 valence electrons. The zero-order chi connectivity index (χ0) is 14.7. The number of hydrogen-bond donors (Lipinski definition) is 1. The van der Waals surface area contributed by atoms with E-state index in [0.29, 0.717) is 27.3 Å². The van der Waals surface area contributed by atoms with Gasteiger partial charge in [0.1, 0.15) is 0 Å². The van der Waals surface area contributed by atoms with E-state index in [1.165, 1.54) is 18.2 Å². The molecular formula is C13H9Cl3N2O2. The summed E-state index contributed by atoms with van der Waals surface area (Å²) in [6, 6.07) is 9.35. The maximum absolute atomic E-state index is 10.7. The standard InChI is InChI=1S/C13H9Cl3N2O2/c14-9-2-1-8(12(16)5-9)7-17-13-6-10(18(19)20)3-4-11(13)15/h1-6,17H,7H2. The summed E-state index contributed by atoms with van der Waals surface area (Å²) in [6.07, 6.45) is 0. The molecule has 7 heteroatoms. The third-order valence-corrected chi connectivity index (χ3v) is 3.56. The molecule has 0 radical (unpaired) electrons. The van der Waals surface area contributed by atoms with Gasteiger partial charge in [0.15, 0.2) is 0 Å². The summed E-state index contributed by atoms with van der Waals surface area (Å²) in [5, 5.41) is 15.2. The molecule has 0 fully saturated rings. The summed E-state index contributed by atoms with van der Waals surface area (Å²) >= 11 is 17.9. The van der Waals surface area contributed by atoms with Crippen molar-refractivity contribution in [1.29, 1.82) is 0 Å². The number of rotatable bonds is 4. The zero-order valence-electron chi connectivity index (χ0n) is 10.1. The van der Waals surface area contributed by atoms with Crippen LogP contribution in [0.25, 0.3) is 0 Å². The maximum atomic E-state index is 10.7. The van der Waals surface area contributed by atoms with Gasteiger partial charge < -0.3 is 5.32 Å². The number of nitro benzene ring substituents is 1. The molecule has 0 atom stereocenters. The van der Waals surface area contributed by atoms with Crippen molar-refractivity contribution in [3.05, 3.63) is 67.1 Å². The van der Waals surface area contributed by atoms with Gasteiger partial charge in [0, 0.05) is 28.7 Å². The maximum Gasteiger partial charge on any atom is 0.271 e. The highest BCUT2D eigenvalue weighted by molar-refractivity contribution is 6.35. The van der Waals surface area contributed by atoms with E-state index in [1.807, 2.05) is 0 Å². The minimum Gasteiger partial charge on any atom is -0.380 e. The van der Waals surface area contributed by atoms with E-state index >= 15 is 0 Å². The molecule has 1 N–H and O–H groups in total. The number of anilines is 1. The van der Waals surface area contributed by atoms with Gasteiger partial charge in [-0.15, -0.1) is 0 Å². The highest BCUT2D eigenvalue weighted by Crippen LogP contribution is 2.28. The number of benzene rings is 2. The first-order valence-corrected chi connectivity index (χ1v) is 6.72. The van der Waals surface area contributed by atoms with Gasteiger partial charge in [0.2, 0.25) is 0 Å². The van der Waals surface area contributed by atoms with Crippen molar-refractivity contribution >= 4 is 46.2 Å². The molecule has 0 saturated carbocycles. The summed E-state index contributed by atoms with van der Waals surface area (Å²) < 4.78 is 0. The number of nitrogens with zero attached hydrogens (tertiary/aromatic N) is 1. The summed E-state index contributed by atoms with van der Waals surface area (Å²) in [5.41, 5.74) is 1.27. The molecule has 0 aromatic heterocycles. The van der Waals surface area contributed by atoms with Crippen molar-refractivity contribution in [3.8, 4) is 0 Å². The Kier molecular flexibility index (Phi) is 4.70. The van der Waals surface area contributed by atoms with Crippen LogP contribution >= 0.6 is 34.8 Å². The van der Waals surface area contributed by atoms with E-state index in [0.717, 1.165) is 5.56 Å². The molecular weight excluding hydrogens is 323 g/mol. The third-order valence-electron chi connectivity index (χ3n) is 2.65. The minimum absolute atomic E-state index is 0.0286. The number of non-ortho nitro benzene ring substituents is 1. The second-order valence-electron chi connectivity index (χ2n) is 4.01. The van der Waals surface area contributed by atoms with Crippen molar-refractivity contribution in [3.63, 3.8) is 0 Å². The van der Waals surface area contributed by atoms with Gasteiger partial charge in [0.25, 0.3) is 5.69 Å². The predicted octanol–water partition coefficient (Wildman–Crippen LogP) is 5.17. The lowest BCUT2D eigenvalue weighted by molar-refractivity contribution is -0.384. The number of hydrogen-bond acceptors (Lipinski definition) is 3. The average Bonchev–Trinajstić information content (AvgIpc) is 2.39. The van der Waals surface area contributed by atoms with Crippen LogP contribution in [-0.2, 0) is 6.54 Å². The zero-order valence-corrected chi connectivity index (χ0v) is 12.3. The lowest BCUT2D eigenvalue weighted by Gasteiger charge is -2.10. The van der Waals surface area contributed by atoms with E-state index in [4.69, 9.17) is 34.8 Å². The Labute approximate surface area is 130 Å². The van der Waals surface area contributed by atoms with Gasteiger partial charge in [-0.1, -0.05) is 40.9 Å². The van der Waals surface area contributed by atoms with Gasteiger partial charge in [-0.3, -0.25) is 10.1 Å². The monoisotopic (exact) mass is 330 g/mol. The van der Waals surface area contributed by atoms with Crippen LogP contribution in [-0.4, -0.2) is 4.92 Å². The van der Waals surface area contributed by atoms with Crippen LogP contribution in [0.1, 0.15) is 5.56 Å². The molecule has 0 aliphatic carbocycles. The molecule has 0 bridgehead atoms. The largest absolute Gasteiger partial charge is 0.380 e. The van der Waals surface area contributed by atoms with Crippen molar-refractivity contribution < 1.29 is 4.92 Å². The molecule has 2 aromatic rings. The summed E-state index contributed by atoms with van der Waals surface area (Å²) in [5.74, 6) is 0. The van der Waals surface area contributed by atoms with Gasteiger partial charge in [-0.25, -0.2) is 0 Å². The highest BCUT2D eigenvalue weighted by Gasteiger charge is 2.10. The first kappa shape index (κ1) is 14.9. The molecule has 20 heavy (non-hydrogen) atoms. The Bertz CT molecular complexity index is 662. The van der Waals surface area contributed by atoms with E-state index in [1.54, 1.807) is 18.2 Å². The molecule has 0 heterocycles. The number of halogens is 3. The molecule has 0 aliphatic heterocycles. The van der Waals surface area contributed by atoms with Crippen LogP contribution in [0.15, 0.2) is 36.4 Å². The van der Waals surface area contributed by atoms with Gasteiger partial charge in [-0.2, -0.15) is 0 Å². The summed E-state index contributed by atoms with van der Waals surface area (Å²) in [6.45, 7) is 0.386. The van der Waals surface area contributed by atoms with Crippen LogP contribution in [0, 0.1) is 10.1 Å². The minimum atomic E-state index is -0.475. The van der Waals surface area contributed by atoms with E-state index < -0.39 is 4.92 Å². The fourth-order valence-corrected chi connectivity index (χ4v) is 2.28. The SMILES string of the molecule is O=[N+]([O-])c1ccc(Cl)c(NCc2ccc(Cl)cc2Cl)c1. The first-order valence-electron chi connectivity index (χ1n) is 5.59. The van der Waals surface area contributed by atoms with Gasteiger partial charge in [0.05, 0.1) is 15.6 Å². The molecule has 0 unspecified atom stereocenters. The lowest BCUT2D eigenvalue weighted by atomic mass is 10.2. The van der Waals surface area contributed by atoms with Crippen LogP contribution in [0.3, 0.4) is 0 Å². The second-order valence-corrected chi connectivity index (χ2v) is 5.26. The second kappa shape index (κ2) is 6.31. The Morgan fingerprint density at radius 3 is 2.45 bits per heavy atom. The summed E-state index contributed by atoms with van der Waals surface area (Å²) in [4.78, 5) is 10.3. The van der Waals surface area contributed by atoms with E-state index in [-0.39, 0.29) is 5.69 Å². The fourth-order valence-electron chi connectivity index (χ4n) is 1.62. The average molecular weight is 332 g/mol. The van der Waals surface area contributed by atoms with Crippen LogP contribution in [0.5, 0.6) is 0 Å². The van der Waals surface area contributed by atoms with Crippen LogP contribution < -0.4 is 5.32 Å². The topological polar surface area (TPSA) is 55.2 Å². The fraction of sp³-hybridized carbons (Fsp3) is 0.0769. The van der Waals surface area contributed by atoms with Crippen LogP contribution in [0.4, 0.5) is 11.4 Å². The van der Waals surface area contributed by atoms with E-state index in [9.17, 15) is 10.1 Å². The lowest BCUT2D eigenvalue weighted by Crippen LogP contribution is -2.01. The Morgan fingerprint density at radius 2 is 1.80 bits per heavy atom. The van der Waals surface area contributed by atoms with Crippen molar-refractivity contribution in [2.45, 2.75) is 6.54 Å².